The smallest absolute Gasteiger partial charge is 0.142 e. The monoisotopic (exact) mass is 344 g/mol. The highest BCUT2D eigenvalue weighted by Crippen LogP contribution is 2.33. The van der Waals surface area contributed by atoms with Crippen molar-refractivity contribution >= 4 is 22.3 Å². The van der Waals surface area contributed by atoms with Crippen LogP contribution < -0.4 is 10.1 Å². The maximum atomic E-state index is 5.42. The van der Waals surface area contributed by atoms with Gasteiger partial charge in [-0.1, -0.05) is 30.3 Å². The van der Waals surface area contributed by atoms with Crippen LogP contribution >= 0.6 is 0 Å². The number of rotatable bonds is 4. The minimum atomic E-state index is 0.774. The van der Waals surface area contributed by atoms with E-state index in [0.717, 1.165) is 44.8 Å². The molecule has 0 aliphatic carbocycles. The Labute approximate surface area is 152 Å². The van der Waals surface area contributed by atoms with Crippen molar-refractivity contribution < 1.29 is 4.74 Å². The molecule has 4 rings (SSSR count). The number of methoxy groups -OCH3 is 1. The summed E-state index contributed by atoms with van der Waals surface area (Å²) in [6.07, 6.45) is 3.94. The van der Waals surface area contributed by atoms with Crippen LogP contribution in [0.25, 0.3) is 21.9 Å². The summed E-state index contributed by atoms with van der Waals surface area (Å²) in [5.74, 6) is 1.56. The lowest BCUT2D eigenvalue weighted by Gasteiger charge is -2.12. The highest BCUT2D eigenvalue weighted by molar-refractivity contribution is 5.98. The van der Waals surface area contributed by atoms with Crippen molar-refractivity contribution in [2.45, 2.75) is 6.92 Å². The van der Waals surface area contributed by atoms with Crippen molar-refractivity contribution in [1.29, 1.82) is 0 Å². The average molecular weight is 344 g/mol. The van der Waals surface area contributed by atoms with Crippen molar-refractivity contribution in [1.82, 2.24) is 14.8 Å². The fraction of sp³-hybridized carbons (Fsp3) is 0.143. The molecule has 0 atom stereocenters. The third-order valence-corrected chi connectivity index (χ3v) is 4.44. The number of pyridine rings is 1. The standard InChI is InChI=1S/C21H20N4O/c1-14-18(13-25(2)24-14)16-8-6-7-15-12-22-21(11-17(15)16)23-19-9-4-5-10-20(19)26-3/h4-13H,1-3H3,(H,22,23). The van der Waals surface area contributed by atoms with E-state index < -0.39 is 0 Å². The molecule has 0 amide bonds. The number of ether oxygens (including phenoxy) is 1. The molecular formula is C21H20N4O. The summed E-state index contributed by atoms with van der Waals surface area (Å²) >= 11 is 0. The number of anilines is 2. The second kappa shape index (κ2) is 6.52. The zero-order valence-electron chi connectivity index (χ0n) is 15.0. The van der Waals surface area contributed by atoms with E-state index >= 15 is 0 Å². The quantitative estimate of drug-likeness (QED) is 0.583. The normalized spacial score (nSPS) is 10.9. The van der Waals surface area contributed by atoms with E-state index in [0.29, 0.717) is 0 Å². The van der Waals surface area contributed by atoms with Crippen LogP contribution in [0.5, 0.6) is 5.75 Å². The number of benzene rings is 2. The van der Waals surface area contributed by atoms with Crippen molar-refractivity contribution in [3.05, 3.63) is 66.6 Å². The predicted octanol–water partition coefficient (Wildman–Crippen LogP) is 4.70. The van der Waals surface area contributed by atoms with E-state index in [4.69, 9.17) is 4.74 Å². The molecule has 0 spiro atoms. The number of aryl methyl sites for hydroxylation is 2. The Morgan fingerprint density at radius 1 is 1.04 bits per heavy atom. The van der Waals surface area contributed by atoms with Crippen LogP contribution in [0.2, 0.25) is 0 Å². The molecule has 0 radical (unpaired) electrons. The molecule has 2 heterocycles. The van der Waals surface area contributed by atoms with Gasteiger partial charge >= 0.3 is 0 Å². The van der Waals surface area contributed by atoms with Gasteiger partial charge in [0, 0.05) is 30.4 Å². The zero-order chi connectivity index (χ0) is 18.1. The molecule has 0 saturated carbocycles. The summed E-state index contributed by atoms with van der Waals surface area (Å²) < 4.78 is 7.26. The van der Waals surface area contributed by atoms with Crippen LogP contribution in [-0.4, -0.2) is 21.9 Å². The third kappa shape index (κ3) is 2.88. The van der Waals surface area contributed by atoms with Crippen molar-refractivity contribution in [2.24, 2.45) is 7.05 Å². The molecule has 0 fully saturated rings. The van der Waals surface area contributed by atoms with Crippen molar-refractivity contribution in [2.75, 3.05) is 12.4 Å². The number of nitrogens with zero attached hydrogens (tertiary/aromatic N) is 3. The minimum absolute atomic E-state index is 0.774. The molecule has 0 bridgehead atoms. The number of nitrogens with one attached hydrogen (secondary N) is 1. The number of hydrogen-bond donors (Lipinski definition) is 1. The molecule has 130 valence electrons. The summed E-state index contributed by atoms with van der Waals surface area (Å²) in [6, 6.07) is 16.1. The molecular weight excluding hydrogens is 324 g/mol. The van der Waals surface area contributed by atoms with Gasteiger partial charge in [0.25, 0.3) is 0 Å². The number of hydrogen-bond acceptors (Lipinski definition) is 4. The second-order valence-electron chi connectivity index (χ2n) is 6.22. The van der Waals surface area contributed by atoms with E-state index in [1.54, 1.807) is 7.11 Å². The third-order valence-electron chi connectivity index (χ3n) is 4.44. The largest absolute Gasteiger partial charge is 0.495 e. The van der Waals surface area contributed by atoms with Crippen LogP contribution in [0, 0.1) is 6.92 Å². The summed E-state index contributed by atoms with van der Waals surface area (Å²) in [5, 5.41) is 10.1. The molecule has 0 aliphatic rings. The highest BCUT2D eigenvalue weighted by Gasteiger charge is 2.11. The summed E-state index contributed by atoms with van der Waals surface area (Å²) in [6.45, 7) is 2.03. The van der Waals surface area contributed by atoms with Crippen LogP contribution in [0.3, 0.4) is 0 Å². The lowest BCUT2D eigenvalue weighted by atomic mass is 10.00. The number of fused-ring (bicyclic) bond motifs is 1. The maximum absolute atomic E-state index is 5.42. The van der Waals surface area contributed by atoms with E-state index in [9.17, 15) is 0 Å². The topological polar surface area (TPSA) is 52.0 Å². The molecule has 0 unspecified atom stereocenters. The van der Waals surface area contributed by atoms with Gasteiger partial charge in [-0.3, -0.25) is 4.68 Å². The van der Waals surface area contributed by atoms with E-state index in [2.05, 4.69) is 45.9 Å². The fourth-order valence-corrected chi connectivity index (χ4v) is 3.22. The molecule has 5 nitrogen and oxygen atoms in total. The van der Waals surface area contributed by atoms with Crippen molar-refractivity contribution in [3.8, 4) is 16.9 Å². The van der Waals surface area contributed by atoms with E-state index in [1.165, 1.54) is 0 Å². The first-order valence-electron chi connectivity index (χ1n) is 8.45. The second-order valence-corrected chi connectivity index (χ2v) is 6.22. The predicted molar refractivity (Wildman–Crippen MR) is 105 cm³/mol. The lowest BCUT2D eigenvalue weighted by Crippen LogP contribution is -1.96. The van der Waals surface area contributed by atoms with Gasteiger partial charge in [0.1, 0.15) is 11.6 Å². The molecule has 5 heteroatoms. The molecule has 4 aromatic rings. The van der Waals surface area contributed by atoms with Crippen LogP contribution in [0.4, 0.5) is 11.5 Å². The highest BCUT2D eigenvalue weighted by atomic mass is 16.5. The Hall–Kier alpha value is -3.34. The summed E-state index contributed by atoms with van der Waals surface area (Å²) in [5.41, 5.74) is 4.18. The van der Waals surface area contributed by atoms with Gasteiger partial charge in [-0.25, -0.2) is 4.98 Å². The maximum Gasteiger partial charge on any atom is 0.142 e. The first kappa shape index (κ1) is 16.1. The van der Waals surface area contributed by atoms with Crippen LogP contribution in [-0.2, 0) is 7.05 Å². The number of para-hydroxylation sites is 2. The zero-order valence-corrected chi connectivity index (χ0v) is 15.0. The Kier molecular flexibility index (Phi) is 4.05. The Morgan fingerprint density at radius 2 is 1.88 bits per heavy atom. The van der Waals surface area contributed by atoms with E-state index in [-0.39, 0.29) is 0 Å². The minimum Gasteiger partial charge on any atom is -0.495 e. The molecule has 2 aromatic carbocycles. The van der Waals surface area contributed by atoms with Crippen LogP contribution in [0.1, 0.15) is 5.69 Å². The van der Waals surface area contributed by atoms with Gasteiger partial charge in [0.15, 0.2) is 0 Å². The Bertz CT molecular complexity index is 1080. The van der Waals surface area contributed by atoms with Gasteiger partial charge < -0.3 is 10.1 Å². The molecule has 0 saturated heterocycles. The van der Waals surface area contributed by atoms with Gasteiger partial charge in [-0.2, -0.15) is 5.10 Å². The molecule has 2 aromatic heterocycles. The Balaban J connectivity index is 1.81. The van der Waals surface area contributed by atoms with Gasteiger partial charge in [-0.05, 0) is 36.1 Å². The lowest BCUT2D eigenvalue weighted by molar-refractivity contribution is 0.417. The molecule has 0 aliphatic heterocycles. The molecule has 26 heavy (non-hydrogen) atoms. The van der Waals surface area contributed by atoms with Crippen molar-refractivity contribution in [3.63, 3.8) is 0 Å². The Morgan fingerprint density at radius 3 is 2.65 bits per heavy atom. The van der Waals surface area contributed by atoms with E-state index in [1.807, 2.05) is 49.1 Å². The molecule has 1 N–H and O–H groups in total. The van der Waals surface area contributed by atoms with Gasteiger partial charge in [0.05, 0.1) is 18.5 Å². The van der Waals surface area contributed by atoms with Gasteiger partial charge in [0.2, 0.25) is 0 Å². The fourth-order valence-electron chi connectivity index (χ4n) is 3.22. The number of aromatic nitrogens is 3. The summed E-state index contributed by atoms with van der Waals surface area (Å²) in [7, 11) is 3.61. The SMILES string of the molecule is COc1ccccc1Nc1cc2c(-c3cn(C)nc3C)cccc2cn1. The van der Waals surface area contributed by atoms with Crippen LogP contribution in [0.15, 0.2) is 60.9 Å². The first-order valence-corrected chi connectivity index (χ1v) is 8.45. The summed E-state index contributed by atoms with van der Waals surface area (Å²) in [4.78, 5) is 4.55. The average Bonchev–Trinajstić information content (AvgIpc) is 2.99. The van der Waals surface area contributed by atoms with Gasteiger partial charge in [-0.15, -0.1) is 0 Å². The first-order chi connectivity index (χ1) is 12.7.